The van der Waals surface area contributed by atoms with Crippen molar-refractivity contribution in [1.82, 2.24) is 9.80 Å². The number of amides is 2. The van der Waals surface area contributed by atoms with Crippen molar-refractivity contribution in [3.63, 3.8) is 0 Å². The van der Waals surface area contributed by atoms with Gasteiger partial charge in [0.05, 0.1) is 19.7 Å². The minimum absolute atomic E-state index is 0.0222. The number of carbonyl (C=O) groups excluding carboxylic acids is 3. The van der Waals surface area contributed by atoms with E-state index in [1.54, 1.807) is 50.5 Å². The van der Waals surface area contributed by atoms with E-state index in [2.05, 4.69) is 5.32 Å². The smallest absolute Gasteiger partial charge is 0.341 e. The number of likely N-dealkylation sites (N-methyl/N-ethyl adjacent to an activating group) is 2. The molecule has 0 aliphatic heterocycles. The van der Waals surface area contributed by atoms with Gasteiger partial charge in [0.15, 0.2) is 0 Å². The molecular weight excluding hydrogens is 397 g/mol. The van der Waals surface area contributed by atoms with Crippen molar-refractivity contribution in [2.24, 2.45) is 0 Å². The van der Waals surface area contributed by atoms with E-state index in [9.17, 15) is 18.8 Å². The molecule has 2 aromatic rings. The first-order valence-electron chi connectivity index (χ1n) is 8.96. The zero-order valence-electron chi connectivity index (χ0n) is 16.8. The highest BCUT2D eigenvalue weighted by Gasteiger charge is 2.23. The fourth-order valence-electron chi connectivity index (χ4n) is 2.54. The number of rotatable bonds is 8. The first-order valence-corrected chi connectivity index (χ1v) is 9.84. The Labute approximate surface area is 173 Å². The van der Waals surface area contributed by atoms with Gasteiger partial charge in [-0.15, -0.1) is 11.3 Å². The Morgan fingerprint density at radius 2 is 1.76 bits per heavy atom. The van der Waals surface area contributed by atoms with Crippen LogP contribution in [0.1, 0.15) is 17.3 Å². The molecule has 0 saturated carbocycles. The number of nitrogens with one attached hydrogen (secondary N) is 1. The fourth-order valence-corrected chi connectivity index (χ4v) is 3.51. The summed E-state index contributed by atoms with van der Waals surface area (Å²) in [7, 11) is 4.95. The van der Waals surface area contributed by atoms with E-state index in [1.807, 2.05) is 0 Å². The molecule has 29 heavy (non-hydrogen) atoms. The van der Waals surface area contributed by atoms with E-state index in [-0.39, 0.29) is 42.9 Å². The largest absolute Gasteiger partial charge is 0.462 e. The van der Waals surface area contributed by atoms with E-state index < -0.39 is 5.97 Å². The van der Waals surface area contributed by atoms with Crippen molar-refractivity contribution in [2.45, 2.75) is 6.92 Å². The molecule has 1 aromatic carbocycles. The maximum atomic E-state index is 13.2. The van der Waals surface area contributed by atoms with Crippen LogP contribution in [0.5, 0.6) is 0 Å². The topological polar surface area (TPSA) is 79.0 Å². The summed E-state index contributed by atoms with van der Waals surface area (Å²) in [5.41, 5.74) is 1.42. The van der Waals surface area contributed by atoms with Crippen LogP contribution in [0.4, 0.5) is 9.39 Å². The highest BCUT2D eigenvalue weighted by atomic mass is 32.1. The zero-order chi connectivity index (χ0) is 21.6. The predicted molar refractivity (Wildman–Crippen MR) is 110 cm³/mol. The Kier molecular flexibility index (Phi) is 7.86. The first kappa shape index (κ1) is 22.5. The highest BCUT2D eigenvalue weighted by molar-refractivity contribution is 7.15. The van der Waals surface area contributed by atoms with Crippen LogP contribution in [-0.4, -0.2) is 68.4 Å². The van der Waals surface area contributed by atoms with Gasteiger partial charge in [-0.25, -0.2) is 9.18 Å². The normalized spacial score (nSPS) is 10.7. The second kappa shape index (κ2) is 10.1. The first-order chi connectivity index (χ1) is 13.7. The van der Waals surface area contributed by atoms with Gasteiger partial charge in [-0.3, -0.25) is 14.5 Å². The molecule has 2 rings (SSSR count). The van der Waals surface area contributed by atoms with Gasteiger partial charge in [0.1, 0.15) is 16.4 Å². The summed E-state index contributed by atoms with van der Waals surface area (Å²) >= 11 is 1.18. The van der Waals surface area contributed by atoms with E-state index in [1.165, 1.54) is 28.4 Å². The van der Waals surface area contributed by atoms with Crippen LogP contribution in [0.15, 0.2) is 29.6 Å². The molecule has 0 unspecified atom stereocenters. The van der Waals surface area contributed by atoms with Crippen molar-refractivity contribution in [1.29, 1.82) is 0 Å². The Hall–Kier alpha value is -2.78. The molecule has 0 atom stereocenters. The second-order valence-electron chi connectivity index (χ2n) is 6.59. The third kappa shape index (κ3) is 6.10. The van der Waals surface area contributed by atoms with Crippen LogP contribution < -0.4 is 5.32 Å². The average molecular weight is 421 g/mol. The lowest BCUT2D eigenvalue weighted by molar-refractivity contribution is -0.130. The van der Waals surface area contributed by atoms with Crippen LogP contribution >= 0.6 is 11.3 Å². The molecule has 0 aliphatic carbocycles. The zero-order valence-corrected chi connectivity index (χ0v) is 17.6. The number of halogens is 1. The molecule has 1 heterocycles. The standard InChI is InChI=1S/C20H24FN3O4S/c1-5-28-20(27)18-15(13-6-8-14(21)9-7-13)12-29-19(18)22-16(25)10-24(4)11-17(26)23(2)3/h6-9,12H,5,10-11H2,1-4H3,(H,22,25). The number of esters is 1. The van der Waals surface area contributed by atoms with E-state index in [0.717, 1.165) is 0 Å². The minimum atomic E-state index is -0.570. The Bertz CT molecular complexity index is 880. The van der Waals surface area contributed by atoms with Crippen LogP contribution in [0.3, 0.4) is 0 Å². The van der Waals surface area contributed by atoms with Crippen LogP contribution in [0.2, 0.25) is 0 Å². The number of hydrogen-bond acceptors (Lipinski definition) is 6. The van der Waals surface area contributed by atoms with Crippen LogP contribution in [-0.2, 0) is 14.3 Å². The van der Waals surface area contributed by atoms with Gasteiger partial charge in [-0.05, 0) is 31.7 Å². The van der Waals surface area contributed by atoms with Gasteiger partial charge in [-0.2, -0.15) is 0 Å². The highest BCUT2D eigenvalue weighted by Crippen LogP contribution is 2.36. The van der Waals surface area contributed by atoms with Gasteiger partial charge in [-0.1, -0.05) is 12.1 Å². The Morgan fingerprint density at radius 1 is 1.10 bits per heavy atom. The van der Waals surface area contributed by atoms with Crippen molar-refractivity contribution in [3.8, 4) is 11.1 Å². The molecule has 7 nitrogen and oxygen atoms in total. The molecule has 0 bridgehead atoms. The van der Waals surface area contributed by atoms with Crippen molar-refractivity contribution < 1.29 is 23.5 Å². The quantitative estimate of drug-likeness (QED) is 0.663. The number of nitrogens with zero attached hydrogens (tertiary/aromatic N) is 2. The monoisotopic (exact) mass is 421 g/mol. The van der Waals surface area contributed by atoms with Crippen LogP contribution in [0, 0.1) is 5.82 Å². The number of benzene rings is 1. The maximum absolute atomic E-state index is 13.2. The van der Waals surface area contributed by atoms with E-state index >= 15 is 0 Å². The molecular formula is C20H24FN3O4S. The molecule has 2 amide bonds. The summed E-state index contributed by atoms with van der Waals surface area (Å²) in [5, 5.41) is 4.79. The summed E-state index contributed by atoms with van der Waals surface area (Å²) in [6, 6.07) is 5.73. The predicted octanol–water partition coefficient (Wildman–Crippen LogP) is 2.69. The summed E-state index contributed by atoms with van der Waals surface area (Å²) < 4.78 is 18.4. The minimum Gasteiger partial charge on any atom is -0.462 e. The third-order valence-corrected chi connectivity index (χ3v) is 4.89. The van der Waals surface area contributed by atoms with Crippen molar-refractivity contribution in [3.05, 3.63) is 41.0 Å². The van der Waals surface area contributed by atoms with Gasteiger partial charge in [0, 0.05) is 25.0 Å². The SMILES string of the molecule is CCOC(=O)c1c(-c2ccc(F)cc2)csc1NC(=O)CN(C)CC(=O)N(C)C. The van der Waals surface area contributed by atoms with Crippen molar-refractivity contribution >= 4 is 34.1 Å². The van der Waals surface area contributed by atoms with E-state index in [0.29, 0.717) is 16.1 Å². The van der Waals surface area contributed by atoms with E-state index in [4.69, 9.17) is 4.74 Å². The molecule has 0 radical (unpaired) electrons. The summed E-state index contributed by atoms with van der Waals surface area (Å²) in [6.45, 7) is 1.94. The Morgan fingerprint density at radius 3 is 2.34 bits per heavy atom. The lowest BCUT2D eigenvalue weighted by Crippen LogP contribution is -2.38. The molecule has 0 spiro atoms. The fraction of sp³-hybridized carbons (Fsp3) is 0.350. The molecule has 0 saturated heterocycles. The molecule has 0 fully saturated rings. The summed E-state index contributed by atoms with van der Waals surface area (Å²) in [4.78, 5) is 39.7. The van der Waals surface area contributed by atoms with Gasteiger partial charge >= 0.3 is 5.97 Å². The van der Waals surface area contributed by atoms with Crippen molar-refractivity contribution in [2.75, 3.05) is 46.2 Å². The summed E-state index contributed by atoms with van der Waals surface area (Å²) in [6.07, 6.45) is 0. The number of thiophene rings is 1. The molecule has 1 aromatic heterocycles. The van der Waals surface area contributed by atoms with Gasteiger partial charge in [0.2, 0.25) is 11.8 Å². The second-order valence-corrected chi connectivity index (χ2v) is 7.47. The lowest BCUT2D eigenvalue weighted by Gasteiger charge is -2.18. The number of anilines is 1. The van der Waals surface area contributed by atoms with Gasteiger partial charge in [0.25, 0.3) is 0 Å². The van der Waals surface area contributed by atoms with Crippen LogP contribution in [0.25, 0.3) is 11.1 Å². The Balaban J connectivity index is 2.21. The average Bonchev–Trinajstić information content (AvgIpc) is 3.05. The molecule has 9 heteroatoms. The number of ether oxygens (including phenoxy) is 1. The lowest BCUT2D eigenvalue weighted by atomic mass is 10.0. The maximum Gasteiger partial charge on any atom is 0.341 e. The molecule has 0 aliphatic rings. The number of hydrogen-bond donors (Lipinski definition) is 1. The molecule has 1 N–H and O–H groups in total. The summed E-state index contributed by atoms with van der Waals surface area (Å²) in [5.74, 6) is -1.44. The van der Waals surface area contributed by atoms with Gasteiger partial charge < -0.3 is 15.0 Å². The number of carbonyl (C=O) groups is 3. The molecule has 156 valence electrons. The third-order valence-electron chi connectivity index (χ3n) is 4.00.